The second kappa shape index (κ2) is 5.42. The van der Waals surface area contributed by atoms with Gasteiger partial charge in [-0.3, -0.25) is 9.59 Å². The van der Waals surface area contributed by atoms with Crippen LogP contribution < -0.4 is 5.32 Å². The molecular weight excluding hydrogens is 244 g/mol. The number of aromatic nitrogens is 2. The Morgan fingerprint density at radius 2 is 2.21 bits per heavy atom. The van der Waals surface area contributed by atoms with Crippen LogP contribution in [0.2, 0.25) is 0 Å². The molecule has 6 nitrogen and oxygen atoms in total. The molecule has 19 heavy (non-hydrogen) atoms. The molecule has 0 aromatic carbocycles. The first-order valence-electron chi connectivity index (χ1n) is 6.53. The van der Waals surface area contributed by atoms with Crippen molar-refractivity contribution in [3.63, 3.8) is 0 Å². The van der Waals surface area contributed by atoms with Gasteiger partial charge in [-0.05, 0) is 19.8 Å². The first-order valence-corrected chi connectivity index (χ1v) is 6.53. The van der Waals surface area contributed by atoms with E-state index in [9.17, 15) is 9.59 Å². The first kappa shape index (κ1) is 13.6. The largest absolute Gasteiger partial charge is 0.346 e. The number of carbonyl (C=O) groups excluding carboxylic acids is 2. The third-order valence-electron chi connectivity index (χ3n) is 3.54. The highest BCUT2D eigenvalue weighted by atomic mass is 16.2. The van der Waals surface area contributed by atoms with Gasteiger partial charge in [0.2, 0.25) is 5.91 Å². The molecule has 0 spiro atoms. The van der Waals surface area contributed by atoms with Gasteiger partial charge in [0, 0.05) is 33.1 Å². The number of rotatable bonds is 2. The maximum absolute atomic E-state index is 12.2. The van der Waals surface area contributed by atoms with Crippen molar-refractivity contribution in [3.8, 4) is 0 Å². The lowest BCUT2D eigenvalue weighted by Gasteiger charge is -2.32. The molecule has 1 atom stereocenters. The highest BCUT2D eigenvalue weighted by Gasteiger charge is 2.24. The van der Waals surface area contributed by atoms with Gasteiger partial charge in [0.15, 0.2) is 0 Å². The molecule has 0 radical (unpaired) electrons. The van der Waals surface area contributed by atoms with Gasteiger partial charge in [-0.25, -0.2) is 4.98 Å². The molecule has 1 saturated heterocycles. The summed E-state index contributed by atoms with van der Waals surface area (Å²) in [6.07, 6.45) is 3.47. The summed E-state index contributed by atoms with van der Waals surface area (Å²) in [4.78, 5) is 29.5. The Bertz CT molecular complexity index is 475. The van der Waals surface area contributed by atoms with Crippen molar-refractivity contribution < 1.29 is 9.59 Å². The summed E-state index contributed by atoms with van der Waals surface area (Å²) in [5, 5.41) is 2.99. The molecule has 1 aliphatic heterocycles. The van der Waals surface area contributed by atoms with Crippen LogP contribution in [0.4, 0.5) is 0 Å². The Hall–Kier alpha value is -1.85. The van der Waals surface area contributed by atoms with Crippen LogP contribution in [0.25, 0.3) is 0 Å². The van der Waals surface area contributed by atoms with Crippen LogP contribution in [0.5, 0.6) is 0 Å². The maximum atomic E-state index is 12.2. The van der Waals surface area contributed by atoms with Crippen LogP contribution in [0, 0.1) is 6.92 Å². The quantitative estimate of drug-likeness (QED) is 0.844. The Balaban J connectivity index is 2.01. The fourth-order valence-electron chi connectivity index (χ4n) is 2.51. The lowest BCUT2D eigenvalue weighted by atomic mass is 10.1. The fourth-order valence-corrected chi connectivity index (χ4v) is 2.51. The molecule has 1 aliphatic rings. The highest BCUT2D eigenvalue weighted by Crippen LogP contribution is 2.12. The van der Waals surface area contributed by atoms with Crippen molar-refractivity contribution in [1.82, 2.24) is 19.8 Å². The van der Waals surface area contributed by atoms with E-state index in [1.54, 1.807) is 29.8 Å². The minimum atomic E-state index is -0.118. The number of hydrogen-bond donors (Lipinski definition) is 1. The molecule has 1 fully saturated rings. The molecule has 6 heteroatoms. The van der Waals surface area contributed by atoms with Crippen LogP contribution in [0.1, 0.15) is 35.9 Å². The third-order valence-corrected chi connectivity index (χ3v) is 3.54. The van der Waals surface area contributed by atoms with Gasteiger partial charge in [0.25, 0.3) is 5.91 Å². The molecular formula is C13H20N4O2. The summed E-state index contributed by atoms with van der Waals surface area (Å²) in [5.41, 5.74) is 1.30. The van der Waals surface area contributed by atoms with Crippen LogP contribution in [-0.4, -0.2) is 45.4 Å². The van der Waals surface area contributed by atoms with Crippen molar-refractivity contribution in [2.75, 3.05) is 13.1 Å². The monoisotopic (exact) mass is 264 g/mol. The molecule has 0 unspecified atom stereocenters. The Kier molecular flexibility index (Phi) is 3.87. The van der Waals surface area contributed by atoms with Crippen LogP contribution >= 0.6 is 0 Å². The number of likely N-dealkylation sites (tertiary alicyclic amines) is 1. The Morgan fingerprint density at radius 3 is 2.79 bits per heavy atom. The summed E-state index contributed by atoms with van der Waals surface area (Å²) < 4.78 is 1.72. The molecule has 0 aliphatic carbocycles. The normalized spacial score (nSPS) is 19.3. The molecule has 2 rings (SSSR count). The Morgan fingerprint density at radius 1 is 1.47 bits per heavy atom. The third kappa shape index (κ3) is 2.94. The summed E-state index contributed by atoms with van der Waals surface area (Å²) in [7, 11) is 1.80. The van der Waals surface area contributed by atoms with E-state index in [1.807, 2.05) is 6.92 Å². The van der Waals surface area contributed by atoms with E-state index in [0.29, 0.717) is 12.2 Å². The van der Waals surface area contributed by atoms with Crippen molar-refractivity contribution in [2.45, 2.75) is 32.7 Å². The number of imidazole rings is 1. The molecule has 1 aromatic rings. The lowest BCUT2D eigenvalue weighted by Crippen LogP contribution is -2.49. The van der Waals surface area contributed by atoms with E-state index >= 15 is 0 Å². The molecule has 0 bridgehead atoms. The molecule has 0 saturated carbocycles. The maximum Gasteiger partial charge on any atom is 0.270 e. The Labute approximate surface area is 112 Å². The van der Waals surface area contributed by atoms with Gasteiger partial charge in [0.05, 0.1) is 12.0 Å². The van der Waals surface area contributed by atoms with Crippen molar-refractivity contribution in [1.29, 1.82) is 0 Å². The summed E-state index contributed by atoms with van der Waals surface area (Å²) in [5.74, 6) is -0.0523. The number of nitrogens with zero attached hydrogens (tertiary/aromatic N) is 3. The van der Waals surface area contributed by atoms with Crippen molar-refractivity contribution in [3.05, 3.63) is 17.7 Å². The van der Waals surface area contributed by atoms with Crippen LogP contribution in [0.15, 0.2) is 6.33 Å². The zero-order valence-corrected chi connectivity index (χ0v) is 11.6. The number of hydrogen-bond acceptors (Lipinski definition) is 3. The van der Waals surface area contributed by atoms with Gasteiger partial charge in [0.1, 0.15) is 5.69 Å². The lowest BCUT2D eigenvalue weighted by molar-refractivity contribution is -0.130. The topological polar surface area (TPSA) is 67.2 Å². The van der Waals surface area contributed by atoms with Crippen molar-refractivity contribution in [2.24, 2.45) is 7.05 Å². The fraction of sp³-hybridized carbons (Fsp3) is 0.615. The summed E-state index contributed by atoms with van der Waals surface area (Å²) in [6, 6.07) is 0.0273. The predicted molar refractivity (Wildman–Crippen MR) is 70.7 cm³/mol. The number of aryl methyl sites for hydroxylation is 2. The highest BCUT2D eigenvalue weighted by molar-refractivity contribution is 5.93. The zero-order valence-electron chi connectivity index (χ0n) is 11.6. The minimum Gasteiger partial charge on any atom is -0.346 e. The number of nitrogens with one attached hydrogen (secondary N) is 1. The number of amides is 2. The zero-order chi connectivity index (χ0) is 14.0. The van der Waals surface area contributed by atoms with Gasteiger partial charge in [-0.2, -0.15) is 0 Å². The number of carbonyl (C=O) groups is 2. The SMILES string of the molecule is CC(=O)N1CCC[C@H](NC(=O)c2c(C)ncn2C)C1. The van der Waals surface area contributed by atoms with Gasteiger partial charge < -0.3 is 14.8 Å². The van der Waals surface area contributed by atoms with E-state index < -0.39 is 0 Å². The summed E-state index contributed by atoms with van der Waals surface area (Å²) in [6.45, 7) is 4.76. The van der Waals surface area contributed by atoms with E-state index in [1.165, 1.54) is 0 Å². The number of piperidine rings is 1. The van der Waals surface area contributed by atoms with E-state index in [-0.39, 0.29) is 17.9 Å². The van der Waals surface area contributed by atoms with E-state index in [0.717, 1.165) is 25.1 Å². The predicted octanol–water partition coefficient (Wildman–Crippen LogP) is 0.469. The van der Waals surface area contributed by atoms with Gasteiger partial charge in [-0.15, -0.1) is 0 Å². The molecule has 104 valence electrons. The molecule has 2 heterocycles. The van der Waals surface area contributed by atoms with Gasteiger partial charge in [-0.1, -0.05) is 0 Å². The standard InChI is InChI=1S/C13H20N4O2/c1-9-12(16(3)8-14-9)13(19)15-11-5-4-6-17(7-11)10(2)18/h8,11H,4-7H2,1-3H3,(H,15,19)/t11-/m0/s1. The second-order valence-electron chi connectivity index (χ2n) is 5.07. The average molecular weight is 264 g/mol. The van der Waals surface area contributed by atoms with Crippen LogP contribution in [-0.2, 0) is 11.8 Å². The molecule has 1 N–H and O–H groups in total. The van der Waals surface area contributed by atoms with E-state index in [4.69, 9.17) is 0 Å². The average Bonchev–Trinajstić information content (AvgIpc) is 2.69. The van der Waals surface area contributed by atoms with Gasteiger partial charge >= 0.3 is 0 Å². The smallest absolute Gasteiger partial charge is 0.270 e. The van der Waals surface area contributed by atoms with Crippen LogP contribution in [0.3, 0.4) is 0 Å². The van der Waals surface area contributed by atoms with Crippen molar-refractivity contribution >= 4 is 11.8 Å². The molecule has 1 aromatic heterocycles. The minimum absolute atomic E-state index is 0.0273. The van der Waals surface area contributed by atoms with E-state index in [2.05, 4.69) is 10.3 Å². The first-order chi connectivity index (χ1) is 8.99. The summed E-state index contributed by atoms with van der Waals surface area (Å²) >= 11 is 0. The second-order valence-corrected chi connectivity index (χ2v) is 5.07. The molecule has 2 amide bonds.